The van der Waals surface area contributed by atoms with Crippen molar-refractivity contribution in [3.8, 4) is 5.75 Å². The Bertz CT molecular complexity index is 902. The van der Waals surface area contributed by atoms with Crippen LogP contribution in [0.1, 0.15) is 36.2 Å². The lowest BCUT2D eigenvalue weighted by molar-refractivity contribution is 0.0904. The number of nitrogens with zero attached hydrogens (tertiary/aromatic N) is 1. The second-order valence-electron chi connectivity index (χ2n) is 7.34. The van der Waals surface area contributed by atoms with Crippen molar-refractivity contribution in [2.45, 2.75) is 37.8 Å². The van der Waals surface area contributed by atoms with E-state index in [9.17, 15) is 4.79 Å². The van der Waals surface area contributed by atoms with Gasteiger partial charge in [0.25, 0.3) is 5.56 Å². The van der Waals surface area contributed by atoms with Crippen molar-refractivity contribution in [3.63, 3.8) is 0 Å². The highest BCUT2D eigenvalue weighted by Crippen LogP contribution is 2.24. The fourth-order valence-electron chi connectivity index (χ4n) is 3.62. The molecule has 8 heteroatoms. The predicted molar refractivity (Wildman–Crippen MR) is 109 cm³/mol. The van der Waals surface area contributed by atoms with Crippen molar-refractivity contribution < 1.29 is 14.2 Å². The van der Waals surface area contributed by atoms with Crippen LogP contribution in [-0.4, -0.2) is 54.8 Å². The SMILES string of the molecule is N=Cc1c(NC2CCOCC2)nc(Cc2ccccc2OC2CCOC2)[nH]c1=O. The number of nitrogens with one attached hydrogen (secondary N) is 3. The van der Waals surface area contributed by atoms with E-state index in [-0.39, 0.29) is 23.3 Å². The summed E-state index contributed by atoms with van der Waals surface area (Å²) >= 11 is 0. The van der Waals surface area contributed by atoms with Crippen LogP contribution in [0.15, 0.2) is 29.1 Å². The Morgan fingerprint density at radius 1 is 1.21 bits per heavy atom. The Morgan fingerprint density at radius 2 is 2.00 bits per heavy atom. The first-order chi connectivity index (χ1) is 14.2. The molecule has 0 radical (unpaired) electrons. The largest absolute Gasteiger partial charge is 0.488 e. The van der Waals surface area contributed by atoms with Gasteiger partial charge in [0, 0.05) is 43.9 Å². The van der Waals surface area contributed by atoms with Gasteiger partial charge in [-0.2, -0.15) is 0 Å². The van der Waals surface area contributed by atoms with Gasteiger partial charge in [-0.25, -0.2) is 4.98 Å². The number of hydrogen-bond acceptors (Lipinski definition) is 7. The van der Waals surface area contributed by atoms with Crippen LogP contribution in [0.4, 0.5) is 5.82 Å². The van der Waals surface area contributed by atoms with E-state index in [1.54, 1.807) is 0 Å². The summed E-state index contributed by atoms with van der Waals surface area (Å²) < 4.78 is 16.9. The van der Waals surface area contributed by atoms with Crippen LogP contribution in [0, 0.1) is 5.41 Å². The number of H-pyrrole nitrogens is 1. The van der Waals surface area contributed by atoms with Gasteiger partial charge in [0.15, 0.2) is 0 Å². The molecule has 1 aromatic carbocycles. The van der Waals surface area contributed by atoms with E-state index in [2.05, 4.69) is 15.3 Å². The van der Waals surface area contributed by atoms with E-state index in [0.29, 0.717) is 44.5 Å². The number of hydrogen-bond donors (Lipinski definition) is 3. The maximum Gasteiger partial charge on any atom is 0.261 e. The minimum Gasteiger partial charge on any atom is -0.488 e. The smallest absolute Gasteiger partial charge is 0.261 e. The summed E-state index contributed by atoms with van der Waals surface area (Å²) in [5, 5.41) is 10.9. The van der Waals surface area contributed by atoms with Gasteiger partial charge in [-0.1, -0.05) is 18.2 Å². The summed E-state index contributed by atoms with van der Waals surface area (Å²) in [4.78, 5) is 20.0. The standard InChI is InChI=1S/C21H26N4O4/c22-12-17-20(23-15-5-8-27-9-6-15)24-19(25-21(17)26)11-14-3-1-2-4-18(14)29-16-7-10-28-13-16/h1-4,12,15-16,22H,5-11,13H2,(H2,23,24,25,26). The first-order valence-electron chi connectivity index (χ1n) is 10.0. The van der Waals surface area contributed by atoms with Gasteiger partial charge >= 0.3 is 0 Å². The maximum atomic E-state index is 12.5. The summed E-state index contributed by atoms with van der Waals surface area (Å²) in [5.41, 5.74) is 0.872. The van der Waals surface area contributed by atoms with Crippen molar-refractivity contribution in [3.05, 3.63) is 51.6 Å². The molecule has 2 saturated heterocycles. The quantitative estimate of drug-likeness (QED) is 0.617. The highest BCUT2D eigenvalue weighted by molar-refractivity contribution is 5.83. The molecule has 1 aromatic heterocycles. The van der Waals surface area contributed by atoms with E-state index in [1.165, 1.54) is 0 Å². The van der Waals surface area contributed by atoms with Gasteiger partial charge in [-0.05, 0) is 18.9 Å². The van der Waals surface area contributed by atoms with E-state index in [1.807, 2.05) is 24.3 Å². The van der Waals surface area contributed by atoms with Gasteiger partial charge in [0.05, 0.1) is 18.8 Å². The van der Waals surface area contributed by atoms with Gasteiger partial charge in [-0.15, -0.1) is 0 Å². The number of anilines is 1. The molecule has 8 nitrogen and oxygen atoms in total. The maximum absolute atomic E-state index is 12.5. The molecule has 154 valence electrons. The molecule has 29 heavy (non-hydrogen) atoms. The zero-order valence-corrected chi connectivity index (χ0v) is 16.3. The van der Waals surface area contributed by atoms with E-state index >= 15 is 0 Å². The zero-order chi connectivity index (χ0) is 20.1. The number of ether oxygens (including phenoxy) is 3. The lowest BCUT2D eigenvalue weighted by Gasteiger charge is -2.24. The second kappa shape index (κ2) is 9.19. The van der Waals surface area contributed by atoms with Crippen LogP contribution in [0.2, 0.25) is 0 Å². The molecule has 2 aliphatic heterocycles. The van der Waals surface area contributed by atoms with Gasteiger partial charge in [0.1, 0.15) is 23.5 Å². The highest BCUT2D eigenvalue weighted by Gasteiger charge is 2.20. The fourth-order valence-corrected chi connectivity index (χ4v) is 3.62. The topological polar surface area (TPSA) is 109 Å². The van der Waals surface area contributed by atoms with Crippen molar-refractivity contribution in [1.82, 2.24) is 9.97 Å². The lowest BCUT2D eigenvalue weighted by atomic mass is 10.1. The van der Waals surface area contributed by atoms with Gasteiger partial charge in [-0.3, -0.25) is 4.79 Å². The van der Waals surface area contributed by atoms with E-state index in [4.69, 9.17) is 19.6 Å². The lowest BCUT2D eigenvalue weighted by Crippen LogP contribution is -2.30. The van der Waals surface area contributed by atoms with Crippen molar-refractivity contribution in [1.29, 1.82) is 5.41 Å². The van der Waals surface area contributed by atoms with Crippen molar-refractivity contribution >= 4 is 12.0 Å². The first-order valence-corrected chi connectivity index (χ1v) is 10.0. The number of para-hydroxylation sites is 1. The van der Waals surface area contributed by atoms with Crippen LogP contribution < -0.4 is 15.6 Å². The molecular weight excluding hydrogens is 372 g/mol. The summed E-state index contributed by atoms with van der Waals surface area (Å²) in [6, 6.07) is 7.96. The predicted octanol–water partition coefficient (Wildman–Crippen LogP) is 2.12. The normalized spacial score (nSPS) is 19.8. The highest BCUT2D eigenvalue weighted by atomic mass is 16.5. The molecule has 0 saturated carbocycles. The third kappa shape index (κ3) is 4.83. The minimum atomic E-state index is -0.317. The van der Waals surface area contributed by atoms with Gasteiger partial charge in [0.2, 0.25) is 0 Å². The summed E-state index contributed by atoms with van der Waals surface area (Å²) in [6.07, 6.45) is 4.10. The van der Waals surface area contributed by atoms with E-state index < -0.39 is 0 Å². The number of benzene rings is 1. The molecule has 4 rings (SSSR count). The Kier molecular flexibility index (Phi) is 6.21. The van der Waals surface area contributed by atoms with Crippen LogP contribution in [-0.2, 0) is 15.9 Å². The first kappa shape index (κ1) is 19.6. The number of rotatable bonds is 7. The van der Waals surface area contributed by atoms with Crippen molar-refractivity contribution in [2.75, 3.05) is 31.7 Å². The molecule has 0 aliphatic carbocycles. The molecule has 1 unspecified atom stereocenters. The summed E-state index contributed by atoms with van der Waals surface area (Å²) in [6.45, 7) is 2.68. The zero-order valence-electron chi connectivity index (χ0n) is 16.3. The van der Waals surface area contributed by atoms with Crippen LogP contribution in [0.5, 0.6) is 5.75 Å². The fraction of sp³-hybridized carbons (Fsp3) is 0.476. The summed E-state index contributed by atoms with van der Waals surface area (Å²) in [7, 11) is 0. The molecule has 2 fully saturated rings. The monoisotopic (exact) mass is 398 g/mol. The Balaban J connectivity index is 1.57. The minimum absolute atomic E-state index is 0.0502. The average molecular weight is 398 g/mol. The Labute approximate surface area is 169 Å². The van der Waals surface area contributed by atoms with Crippen LogP contribution in [0.3, 0.4) is 0 Å². The third-order valence-electron chi connectivity index (χ3n) is 5.22. The number of aromatic amines is 1. The van der Waals surface area contributed by atoms with Crippen molar-refractivity contribution in [2.24, 2.45) is 0 Å². The van der Waals surface area contributed by atoms with Gasteiger partial charge < -0.3 is 29.9 Å². The van der Waals surface area contributed by atoms with E-state index in [0.717, 1.165) is 36.8 Å². The molecule has 3 heterocycles. The Hall–Kier alpha value is -2.71. The molecule has 0 amide bonds. The molecule has 1 atom stereocenters. The molecule has 2 aliphatic rings. The number of aromatic nitrogens is 2. The van der Waals surface area contributed by atoms with Crippen LogP contribution >= 0.6 is 0 Å². The van der Waals surface area contributed by atoms with Crippen LogP contribution in [0.25, 0.3) is 0 Å². The summed E-state index contributed by atoms with van der Waals surface area (Å²) in [5.74, 6) is 1.77. The molecular formula is C21H26N4O4. The molecule has 2 aromatic rings. The second-order valence-corrected chi connectivity index (χ2v) is 7.34. The third-order valence-corrected chi connectivity index (χ3v) is 5.22. The average Bonchev–Trinajstić information content (AvgIpc) is 3.23. The molecule has 3 N–H and O–H groups in total. The Morgan fingerprint density at radius 3 is 2.76 bits per heavy atom. The molecule has 0 spiro atoms. The molecule has 0 bridgehead atoms.